The lowest BCUT2D eigenvalue weighted by Crippen LogP contribution is -2.34. The Morgan fingerprint density at radius 1 is 1.33 bits per heavy atom. The molecule has 1 aromatic rings. The second-order valence-corrected chi connectivity index (χ2v) is 7.61. The first kappa shape index (κ1) is 20.6. The molecule has 0 aliphatic heterocycles. The second-order valence-electron chi connectivity index (χ2n) is 5.13. The molecule has 0 aliphatic rings. The molecule has 1 aromatic carbocycles. The molecule has 122 valence electrons. The molecular formula is C13H21Cl2FN2O2S. The van der Waals surface area contributed by atoms with Crippen molar-refractivity contribution in [3.8, 4) is 0 Å². The molecule has 8 heteroatoms. The Morgan fingerprint density at radius 2 is 1.90 bits per heavy atom. The summed E-state index contributed by atoms with van der Waals surface area (Å²) in [4.78, 5) is -0.150. The van der Waals surface area contributed by atoms with Crippen molar-refractivity contribution < 1.29 is 12.8 Å². The van der Waals surface area contributed by atoms with Crippen LogP contribution < -0.4 is 5.73 Å². The summed E-state index contributed by atoms with van der Waals surface area (Å²) in [6.45, 7) is 4.23. The van der Waals surface area contributed by atoms with E-state index in [2.05, 4.69) is 0 Å². The lowest BCUT2D eigenvalue weighted by Gasteiger charge is -2.21. The highest BCUT2D eigenvalue weighted by Crippen LogP contribution is 2.21. The zero-order chi connectivity index (χ0) is 15.5. The standard InChI is InChI=1S/C13H20ClFN2O2S.ClH/c1-9(2)13(16)4-5-17(3)20(18,19)12-7-10(14)6-11(15)8-12;/h6-9,13H,4-5,16H2,1-3H3;1H. The van der Waals surface area contributed by atoms with E-state index < -0.39 is 15.8 Å². The number of nitrogens with zero attached hydrogens (tertiary/aromatic N) is 1. The molecule has 0 aliphatic carbocycles. The number of benzene rings is 1. The average molecular weight is 359 g/mol. The van der Waals surface area contributed by atoms with Crippen molar-refractivity contribution in [2.75, 3.05) is 13.6 Å². The van der Waals surface area contributed by atoms with Crippen molar-refractivity contribution in [3.05, 3.63) is 29.0 Å². The van der Waals surface area contributed by atoms with Crippen molar-refractivity contribution in [1.82, 2.24) is 4.31 Å². The first-order valence-corrected chi connectivity index (χ1v) is 8.14. The zero-order valence-corrected chi connectivity index (χ0v) is 14.6. The molecule has 2 N–H and O–H groups in total. The average Bonchev–Trinajstić information content (AvgIpc) is 2.33. The molecule has 0 bridgehead atoms. The minimum absolute atomic E-state index is 0. The van der Waals surface area contributed by atoms with Crippen molar-refractivity contribution in [3.63, 3.8) is 0 Å². The number of hydrogen-bond donors (Lipinski definition) is 1. The maximum absolute atomic E-state index is 13.3. The van der Waals surface area contributed by atoms with Crippen LogP contribution in [0.5, 0.6) is 0 Å². The van der Waals surface area contributed by atoms with Gasteiger partial charge in [-0.25, -0.2) is 17.1 Å². The van der Waals surface area contributed by atoms with Crippen LogP contribution in [0.4, 0.5) is 4.39 Å². The van der Waals surface area contributed by atoms with E-state index in [0.29, 0.717) is 6.42 Å². The molecule has 0 radical (unpaired) electrons. The van der Waals surface area contributed by atoms with E-state index in [1.807, 2.05) is 13.8 Å². The van der Waals surface area contributed by atoms with E-state index in [0.717, 1.165) is 12.1 Å². The minimum atomic E-state index is -3.75. The molecule has 1 rings (SSSR count). The SMILES string of the molecule is CC(C)C(N)CCN(C)S(=O)(=O)c1cc(F)cc(Cl)c1.Cl. The van der Waals surface area contributed by atoms with Gasteiger partial charge in [-0.1, -0.05) is 25.4 Å². The molecule has 21 heavy (non-hydrogen) atoms. The Labute approximate surface area is 136 Å². The van der Waals surface area contributed by atoms with Gasteiger partial charge < -0.3 is 5.73 Å². The molecule has 0 saturated carbocycles. The van der Waals surface area contributed by atoms with Crippen molar-refractivity contribution >= 4 is 34.0 Å². The number of sulfonamides is 1. The topological polar surface area (TPSA) is 63.4 Å². The highest BCUT2D eigenvalue weighted by molar-refractivity contribution is 7.89. The van der Waals surface area contributed by atoms with E-state index in [4.69, 9.17) is 17.3 Å². The Balaban J connectivity index is 0.00000400. The monoisotopic (exact) mass is 358 g/mol. The third kappa shape index (κ3) is 5.71. The van der Waals surface area contributed by atoms with Crippen molar-refractivity contribution in [1.29, 1.82) is 0 Å². The minimum Gasteiger partial charge on any atom is -0.327 e. The molecule has 0 saturated heterocycles. The molecule has 1 unspecified atom stereocenters. The molecule has 0 spiro atoms. The molecular weight excluding hydrogens is 338 g/mol. The lowest BCUT2D eigenvalue weighted by atomic mass is 10.0. The third-order valence-corrected chi connectivity index (χ3v) is 5.23. The van der Waals surface area contributed by atoms with Gasteiger partial charge in [-0.15, -0.1) is 12.4 Å². The summed E-state index contributed by atoms with van der Waals surface area (Å²) < 4.78 is 39.0. The van der Waals surface area contributed by atoms with Crippen LogP contribution in [-0.2, 0) is 10.0 Å². The second kappa shape index (κ2) is 8.29. The number of nitrogens with two attached hydrogens (primary N) is 1. The molecule has 0 heterocycles. The Bertz CT molecular complexity index is 547. The maximum Gasteiger partial charge on any atom is 0.242 e. The molecule has 1 atom stereocenters. The fourth-order valence-electron chi connectivity index (χ4n) is 1.64. The first-order chi connectivity index (χ1) is 9.14. The summed E-state index contributed by atoms with van der Waals surface area (Å²) in [6, 6.07) is 3.18. The number of rotatable bonds is 6. The quantitative estimate of drug-likeness (QED) is 0.850. The fourth-order valence-corrected chi connectivity index (χ4v) is 3.17. The maximum atomic E-state index is 13.3. The molecule has 0 aromatic heterocycles. The van der Waals surface area contributed by atoms with Crippen LogP contribution in [0.2, 0.25) is 5.02 Å². The van der Waals surface area contributed by atoms with Gasteiger partial charge in [0.1, 0.15) is 5.82 Å². The van der Waals surface area contributed by atoms with Crippen LogP contribution >= 0.6 is 24.0 Å². The van der Waals surface area contributed by atoms with Gasteiger partial charge in [-0.3, -0.25) is 0 Å². The predicted octanol–water partition coefficient (Wildman–Crippen LogP) is 2.89. The van der Waals surface area contributed by atoms with Gasteiger partial charge in [-0.05, 0) is 30.5 Å². The third-order valence-electron chi connectivity index (χ3n) is 3.18. The van der Waals surface area contributed by atoms with E-state index in [1.54, 1.807) is 0 Å². The van der Waals surface area contributed by atoms with Crippen LogP contribution in [0.15, 0.2) is 23.1 Å². The van der Waals surface area contributed by atoms with E-state index in [1.165, 1.54) is 17.4 Å². The van der Waals surface area contributed by atoms with Gasteiger partial charge in [-0.2, -0.15) is 0 Å². The molecule has 0 amide bonds. The van der Waals surface area contributed by atoms with E-state index in [-0.39, 0.29) is 40.8 Å². The van der Waals surface area contributed by atoms with Crippen LogP contribution in [0.25, 0.3) is 0 Å². The van der Waals surface area contributed by atoms with Crippen molar-refractivity contribution in [2.24, 2.45) is 11.7 Å². The van der Waals surface area contributed by atoms with Gasteiger partial charge in [0.15, 0.2) is 0 Å². The van der Waals surface area contributed by atoms with Gasteiger partial charge in [0.05, 0.1) is 4.90 Å². The van der Waals surface area contributed by atoms with Crippen LogP contribution in [0.3, 0.4) is 0 Å². The summed E-state index contributed by atoms with van der Waals surface area (Å²) in [5.74, 6) is -0.405. The molecule has 4 nitrogen and oxygen atoms in total. The van der Waals surface area contributed by atoms with Crippen LogP contribution in [0, 0.1) is 11.7 Å². The largest absolute Gasteiger partial charge is 0.327 e. The Morgan fingerprint density at radius 3 is 2.38 bits per heavy atom. The summed E-state index contributed by atoms with van der Waals surface area (Å²) in [6.07, 6.45) is 0.538. The van der Waals surface area contributed by atoms with E-state index in [9.17, 15) is 12.8 Å². The smallest absolute Gasteiger partial charge is 0.242 e. The Hall–Kier alpha value is -0.400. The van der Waals surface area contributed by atoms with Gasteiger partial charge in [0.2, 0.25) is 10.0 Å². The van der Waals surface area contributed by atoms with Crippen LogP contribution in [0.1, 0.15) is 20.3 Å². The number of hydrogen-bond acceptors (Lipinski definition) is 3. The van der Waals surface area contributed by atoms with Gasteiger partial charge >= 0.3 is 0 Å². The van der Waals surface area contributed by atoms with E-state index >= 15 is 0 Å². The van der Waals surface area contributed by atoms with Crippen LogP contribution in [-0.4, -0.2) is 32.4 Å². The summed E-state index contributed by atoms with van der Waals surface area (Å²) >= 11 is 5.69. The first-order valence-electron chi connectivity index (χ1n) is 6.32. The zero-order valence-electron chi connectivity index (χ0n) is 12.2. The lowest BCUT2D eigenvalue weighted by molar-refractivity contribution is 0.397. The summed E-state index contributed by atoms with van der Waals surface area (Å²) in [5, 5.41) is 0.0517. The van der Waals surface area contributed by atoms with Gasteiger partial charge in [0, 0.05) is 24.7 Å². The highest BCUT2D eigenvalue weighted by Gasteiger charge is 2.22. The Kier molecular flexibility index (Phi) is 8.13. The van der Waals surface area contributed by atoms with Gasteiger partial charge in [0.25, 0.3) is 0 Å². The van der Waals surface area contributed by atoms with Crippen molar-refractivity contribution in [2.45, 2.75) is 31.2 Å². The summed E-state index contributed by atoms with van der Waals surface area (Å²) in [5.41, 5.74) is 5.89. The number of halogens is 3. The fraction of sp³-hybridized carbons (Fsp3) is 0.538. The normalized spacial score (nSPS) is 13.3. The molecule has 0 fully saturated rings. The summed E-state index contributed by atoms with van der Waals surface area (Å²) in [7, 11) is -2.31. The highest BCUT2D eigenvalue weighted by atomic mass is 35.5. The predicted molar refractivity (Wildman–Crippen MR) is 85.9 cm³/mol.